The van der Waals surface area contributed by atoms with Crippen LogP contribution in [0.15, 0.2) is 48.7 Å². The van der Waals surface area contributed by atoms with E-state index in [1.165, 1.54) is 17.8 Å². The maximum atomic E-state index is 13.0. The second kappa shape index (κ2) is 6.80. The van der Waals surface area contributed by atoms with Gasteiger partial charge in [-0.05, 0) is 24.5 Å². The lowest BCUT2D eigenvalue weighted by Gasteiger charge is -2.17. The zero-order valence-corrected chi connectivity index (χ0v) is 11.4. The lowest BCUT2D eigenvalue weighted by Crippen LogP contribution is -2.28. The smallest absolute Gasteiger partial charge is 0.253 e. The number of aromatic nitrogens is 1. The second-order valence-corrected chi connectivity index (χ2v) is 4.68. The summed E-state index contributed by atoms with van der Waals surface area (Å²) in [7, 11) is 1.73. The van der Waals surface area contributed by atoms with Gasteiger partial charge in [0.15, 0.2) is 0 Å². The normalized spacial score (nSPS) is 10.3. The fraction of sp³-hybridized carbons (Fsp3) is 0.250. The van der Waals surface area contributed by atoms with Gasteiger partial charge in [0.2, 0.25) is 5.95 Å². The van der Waals surface area contributed by atoms with Crippen molar-refractivity contribution in [2.75, 3.05) is 13.6 Å². The fourth-order valence-corrected chi connectivity index (χ4v) is 2.02. The molecule has 20 heavy (non-hydrogen) atoms. The molecule has 3 nitrogen and oxygen atoms in total. The molecule has 0 aliphatic rings. The minimum atomic E-state index is -0.631. The number of carbonyl (C=O) groups excluding carboxylic acids is 1. The van der Waals surface area contributed by atoms with E-state index in [0.717, 1.165) is 18.9 Å². The predicted molar refractivity (Wildman–Crippen MR) is 75.9 cm³/mol. The fourth-order valence-electron chi connectivity index (χ4n) is 2.02. The highest BCUT2D eigenvalue weighted by molar-refractivity contribution is 5.93. The second-order valence-electron chi connectivity index (χ2n) is 4.68. The highest BCUT2D eigenvalue weighted by Gasteiger charge is 2.12. The van der Waals surface area contributed by atoms with Crippen LogP contribution in [-0.2, 0) is 6.42 Å². The summed E-state index contributed by atoms with van der Waals surface area (Å²) in [5.74, 6) is -0.812. The van der Waals surface area contributed by atoms with Crippen molar-refractivity contribution in [3.05, 3.63) is 65.7 Å². The number of aryl methyl sites for hydroxylation is 1. The van der Waals surface area contributed by atoms with Gasteiger partial charge in [-0.3, -0.25) is 4.79 Å². The average molecular weight is 272 g/mol. The van der Waals surface area contributed by atoms with Crippen LogP contribution in [0, 0.1) is 5.95 Å². The van der Waals surface area contributed by atoms with Gasteiger partial charge in [-0.15, -0.1) is 0 Å². The third-order valence-electron chi connectivity index (χ3n) is 3.12. The monoisotopic (exact) mass is 272 g/mol. The molecule has 0 unspecified atom stereocenters. The molecule has 1 amide bonds. The van der Waals surface area contributed by atoms with E-state index >= 15 is 0 Å². The molecule has 104 valence electrons. The summed E-state index contributed by atoms with van der Waals surface area (Å²) < 4.78 is 13.0. The standard InChI is InChI=1S/C16H17FN2O/c1-19(11-5-8-13-6-3-2-4-7-13)16(20)14-9-10-18-15(17)12-14/h2-4,6-7,9-10,12H,5,8,11H2,1H3. The Kier molecular flexibility index (Phi) is 4.82. The molecule has 0 bridgehead atoms. The Morgan fingerprint density at radius 1 is 1.25 bits per heavy atom. The van der Waals surface area contributed by atoms with E-state index in [-0.39, 0.29) is 5.91 Å². The van der Waals surface area contributed by atoms with Crippen molar-refractivity contribution in [3.8, 4) is 0 Å². The number of hydrogen-bond acceptors (Lipinski definition) is 2. The van der Waals surface area contributed by atoms with Crippen LogP contribution < -0.4 is 0 Å². The molecule has 0 radical (unpaired) electrons. The average Bonchev–Trinajstić information content (AvgIpc) is 2.47. The van der Waals surface area contributed by atoms with E-state index in [1.54, 1.807) is 11.9 Å². The summed E-state index contributed by atoms with van der Waals surface area (Å²) in [6.45, 7) is 0.637. The van der Waals surface area contributed by atoms with Gasteiger partial charge in [0.25, 0.3) is 5.91 Å². The first kappa shape index (κ1) is 14.2. The first-order valence-corrected chi connectivity index (χ1v) is 6.58. The molecule has 0 saturated carbocycles. The highest BCUT2D eigenvalue weighted by Crippen LogP contribution is 2.07. The number of carbonyl (C=O) groups is 1. The van der Waals surface area contributed by atoms with Crippen LogP contribution >= 0.6 is 0 Å². The molecule has 0 atom stereocenters. The molecule has 1 aromatic carbocycles. The number of halogens is 1. The SMILES string of the molecule is CN(CCCc1ccccc1)C(=O)c1ccnc(F)c1. The Morgan fingerprint density at radius 3 is 2.70 bits per heavy atom. The van der Waals surface area contributed by atoms with Gasteiger partial charge in [0, 0.05) is 31.4 Å². The van der Waals surface area contributed by atoms with Crippen LogP contribution in [0.4, 0.5) is 4.39 Å². The number of amides is 1. The number of nitrogens with zero attached hydrogens (tertiary/aromatic N) is 2. The van der Waals surface area contributed by atoms with Crippen LogP contribution in [-0.4, -0.2) is 29.4 Å². The third-order valence-corrected chi connectivity index (χ3v) is 3.12. The summed E-state index contributed by atoms with van der Waals surface area (Å²) in [5, 5.41) is 0. The molecule has 1 heterocycles. The molecular weight excluding hydrogens is 255 g/mol. The summed E-state index contributed by atoms with van der Waals surface area (Å²) >= 11 is 0. The van der Waals surface area contributed by atoms with Crippen LogP contribution in [0.1, 0.15) is 22.3 Å². The molecule has 1 aromatic heterocycles. The Bertz CT molecular complexity index is 572. The summed E-state index contributed by atoms with van der Waals surface area (Å²) in [4.78, 5) is 17.1. The van der Waals surface area contributed by atoms with Crippen LogP contribution in [0.2, 0.25) is 0 Å². The van der Waals surface area contributed by atoms with Gasteiger partial charge in [-0.25, -0.2) is 4.98 Å². The number of benzene rings is 1. The van der Waals surface area contributed by atoms with Crippen molar-refractivity contribution < 1.29 is 9.18 Å². The van der Waals surface area contributed by atoms with E-state index in [1.807, 2.05) is 18.2 Å². The van der Waals surface area contributed by atoms with E-state index in [9.17, 15) is 9.18 Å². The van der Waals surface area contributed by atoms with E-state index in [2.05, 4.69) is 17.1 Å². The Labute approximate surface area is 118 Å². The Balaban J connectivity index is 1.85. The van der Waals surface area contributed by atoms with Gasteiger partial charge in [-0.1, -0.05) is 30.3 Å². The predicted octanol–water partition coefficient (Wildman–Crippen LogP) is 2.93. The van der Waals surface area contributed by atoms with Crippen molar-refractivity contribution in [2.24, 2.45) is 0 Å². The Morgan fingerprint density at radius 2 is 2.00 bits per heavy atom. The molecule has 0 N–H and O–H groups in total. The zero-order valence-electron chi connectivity index (χ0n) is 11.4. The van der Waals surface area contributed by atoms with Gasteiger partial charge >= 0.3 is 0 Å². The van der Waals surface area contributed by atoms with Crippen molar-refractivity contribution in [2.45, 2.75) is 12.8 Å². The van der Waals surface area contributed by atoms with Gasteiger partial charge in [-0.2, -0.15) is 4.39 Å². The van der Waals surface area contributed by atoms with Crippen LogP contribution in [0.3, 0.4) is 0 Å². The van der Waals surface area contributed by atoms with Crippen molar-refractivity contribution in [1.29, 1.82) is 0 Å². The van der Waals surface area contributed by atoms with Crippen molar-refractivity contribution in [3.63, 3.8) is 0 Å². The molecule has 0 spiro atoms. The molecule has 2 aromatic rings. The number of rotatable bonds is 5. The molecule has 0 aliphatic carbocycles. The number of pyridine rings is 1. The lowest BCUT2D eigenvalue weighted by molar-refractivity contribution is 0.0793. The maximum absolute atomic E-state index is 13.0. The topological polar surface area (TPSA) is 33.2 Å². The van der Waals surface area contributed by atoms with Gasteiger partial charge in [0.05, 0.1) is 0 Å². The summed E-state index contributed by atoms with van der Waals surface area (Å²) in [6.07, 6.45) is 3.10. The first-order valence-electron chi connectivity index (χ1n) is 6.58. The van der Waals surface area contributed by atoms with Crippen LogP contribution in [0.5, 0.6) is 0 Å². The highest BCUT2D eigenvalue weighted by atomic mass is 19.1. The summed E-state index contributed by atoms with van der Waals surface area (Å²) in [6, 6.07) is 12.8. The number of hydrogen-bond donors (Lipinski definition) is 0. The van der Waals surface area contributed by atoms with Crippen molar-refractivity contribution >= 4 is 5.91 Å². The van der Waals surface area contributed by atoms with Gasteiger partial charge < -0.3 is 4.90 Å². The molecule has 4 heteroatoms. The minimum absolute atomic E-state index is 0.181. The molecule has 0 fully saturated rings. The molecule has 0 saturated heterocycles. The molecule has 2 rings (SSSR count). The van der Waals surface area contributed by atoms with E-state index in [0.29, 0.717) is 12.1 Å². The summed E-state index contributed by atoms with van der Waals surface area (Å²) in [5.41, 5.74) is 1.59. The van der Waals surface area contributed by atoms with Gasteiger partial charge in [0.1, 0.15) is 0 Å². The lowest BCUT2D eigenvalue weighted by atomic mass is 10.1. The first-order chi connectivity index (χ1) is 9.66. The Hall–Kier alpha value is -2.23. The zero-order chi connectivity index (χ0) is 14.4. The van der Waals surface area contributed by atoms with Crippen molar-refractivity contribution in [1.82, 2.24) is 9.88 Å². The van der Waals surface area contributed by atoms with Crippen LogP contribution in [0.25, 0.3) is 0 Å². The third kappa shape index (κ3) is 3.88. The largest absolute Gasteiger partial charge is 0.342 e. The molecule has 0 aliphatic heterocycles. The van der Waals surface area contributed by atoms with E-state index in [4.69, 9.17) is 0 Å². The van der Waals surface area contributed by atoms with E-state index < -0.39 is 5.95 Å². The molecular formula is C16H17FN2O. The maximum Gasteiger partial charge on any atom is 0.253 e. The minimum Gasteiger partial charge on any atom is -0.342 e. The quantitative estimate of drug-likeness (QED) is 0.784.